The van der Waals surface area contributed by atoms with Crippen molar-refractivity contribution in [1.29, 1.82) is 0 Å². The molecular weight excluding hydrogens is 454 g/mol. The van der Waals surface area contributed by atoms with Crippen LogP contribution in [-0.2, 0) is 26.2 Å². The second-order valence-corrected chi connectivity index (χ2v) is 8.79. The summed E-state index contributed by atoms with van der Waals surface area (Å²) in [6, 6.07) is 13.6. The number of aliphatic carboxylic acids is 1. The molecule has 0 spiro atoms. The molecule has 0 bridgehead atoms. The largest absolute Gasteiger partial charge is 0.481 e. The molecule has 2 rings (SSSR count). The zero-order valence-electron chi connectivity index (χ0n) is 17.8. The number of sulfonamides is 1. The molecule has 0 aliphatic rings. The van der Waals surface area contributed by atoms with Crippen molar-refractivity contribution >= 4 is 27.8 Å². The first-order valence-electron chi connectivity index (χ1n) is 10.1. The van der Waals surface area contributed by atoms with Crippen molar-refractivity contribution in [1.82, 2.24) is 9.62 Å². The van der Waals surface area contributed by atoms with Crippen LogP contribution in [0.1, 0.15) is 24.8 Å². The summed E-state index contributed by atoms with van der Waals surface area (Å²) in [7, 11) is -3.84. The fraction of sp³-hybridized carbons (Fsp3) is 0.333. The molecule has 0 fully saturated rings. The maximum absolute atomic E-state index is 12.4. The predicted molar refractivity (Wildman–Crippen MR) is 118 cm³/mol. The molecule has 178 valence electrons. The summed E-state index contributed by atoms with van der Waals surface area (Å²) < 4.78 is 32.2. The minimum atomic E-state index is -3.84. The van der Waals surface area contributed by atoms with Gasteiger partial charge in [0.05, 0.1) is 16.2 Å². The lowest BCUT2D eigenvalue weighted by atomic mass is 10.2. The van der Waals surface area contributed by atoms with Gasteiger partial charge in [-0.2, -0.15) is 0 Å². The quantitative estimate of drug-likeness (QED) is 0.252. The number of unbranched alkanes of at least 4 members (excludes halogenated alkanes) is 1. The van der Waals surface area contributed by atoms with Gasteiger partial charge in [-0.15, -0.1) is 0 Å². The van der Waals surface area contributed by atoms with Gasteiger partial charge in [0, 0.05) is 31.8 Å². The van der Waals surface area contributed by atoms with Gasteiger partial charge in [0.25, 0.3) is 5.69 Å². The fourth-order valence-electron chi connectivity index (χ4n) is 2.80. The highest BCUT2D eigenvalue weighted by Crippen LogP contribution is 2.15. The SMILES string of the molecule is O=C(O)CCN(CCCCNS(=O)(=O)c1ccc([N+](=O)[O-])cc1)C(=O)OCc1ccccc1. The molecule has 2 aromatic carbocycles. The minimum absolute atomic E-state index is 0.0303. The molecule has 0 radical (unpaired) electrons. The van der Waals surface area contributed by atoms with Crippen molar-refractivity contribution in [2.45, 2.75) is 30.8 Å². The number of amides is 1. The number of ether oxygens (including phenoxy) is 1. The Kier molecular flexibility index (Phi) is 9.76. The number of nitrogens with one attached hydrogen (secondary N) is 1. The Labute approximate surface area is 191 Å². The van der Waals surface area contributed by atoms with Crippen LogP contribution < -0.4 is 4.72 Å². The predicted octanol–water partition coefficient (Wildman–Crippen LogP) is 2.77. The number of nitro groups is 1. The molecule has 2 aromatic rings. The first kappa shape index (κ1) is 25.7. The van der Waals surface area contributed by atoms with Gasteiger partial charge in [0.2, 0.25) is 10.0 Å². The van der Waals surface area contributed by atoms with Crippen LogP contribution in [0.3, 0.4) is 0 Å². The van der Waals surface area contributed by atoms with Gasteiger partial charge in [0.1, 0.15) is 6.61 Å². The molecule has 12 heteroatoms. The maximum atomic E-state index is 12.4. The van der Waals surface area contributed by atoms with E-state index in [0.29, 0.717) is 12.8 Å². The zero-order chi connectivity index (χ0) is 24.3. The van der Waals surface area contributed by atoms with E-state index in [4.69, 9.17) is 9.84 Å². The summed E-state index contributed by atoms with van der Waals surface area (Å²) in [5, 5.41) is 19.6. The Balaban J connectivity index is 1.82. The number of hydrogen-bond donors (Lipinski definition) is 2. The fourth-order valence-corrected chi connectivity index (χ4v) is 3.87. The van der Waals surface area contributed by atoms with E-state index < -0.39 is 27.0 Å². The molecule has 0 aliphatic heterocycles. The van der Waals surface area contributed by atoms with Crippen molar-refractivity contribution < 1.29 is 32.8 Å². The third-order valence-electron chi connectivity index (χ3n) is 4.56. The third-order valence-corrected chi connectivity index (χ3v) is 6.04. The Morgan fingerprint density at radius 3 is 2.30 bits per heavy atom. The Hall–Kier alpha value is -3.51. The van der Waals surface area contributed by atoms with E-state index in [2.05, 4.69) is 4.72 Å². The zero-order valence-corrected chi connectivity index (χ0v) is 18.6. The average Bonchev–Trinajstić information content (AvgIpc) is 2.79. The van der Waals surface area contributed by atoms with E-state index in [0.717, 1.165) is 29.8 Å². The highest BCUT2D eigenvalue weighted by Gasteiger charge is 2.18. The van der Waals surface area contributed by atoms with Crippen LogP contribution in [0.2, 0.25) is 0 Å². The molecular formula is C21H25N3O8S. The molecule has 1 amide bonds. The molecule has 0 aliphatic carbocycles. The highest BCUT2D eigenvalue weighted by atomic mass is 32.2. The van der Waals surface area contributed by atoms with Gasteiger partial charge >= 0.3 is 12.1 Å². The first-order chi connectivity index (χ1) is 15.7. The van der Waals surface area contributed by atoms with Gasteiger partial charge in [-0.1, -0.05) is 30.3 Å². The number of carbonyl (C=O) groups is 2. The molecule has 0 atom stereocenters. The van der Waals surface area contributed by atoms with Crippen LogP contribution in [0.5, 0.6) is 0 Å². The smallest absolute Gasteiger partial charge is 0.410 e. The van der Waals surface area contributed by atoms with E-state index in [1.165, 1.54) is 4.90 Å². The van der Waals surface area contributed by atoms with E-state index in [9.17, 15) is 28.1 Å². The Morgan fingerprint density at radius 2 is 1.70 bits per heavy atom. The highest BCUT2D eigenvalue weighted by molar-refractivity contribution is 7.89. The van der Waals surface area contributed by atoms with E-state index in [-0.39, 0.29) is 43.2 Å². The number of nitrogens with zero attached hydrogens (tertiary/aromatic N) is 2. The lowest BCUT2D eigenvalue weighted by Gasteiger charge is -2.21. The van der Waals surface area contributed by atoms with Gasteiger partial charge < -0.3 is 14.7 Å². The molecule has 0 aromatic heterocycles. The number of carboxylic acids is 1. The minimum Gasteiger partial charge on any atom is -0.481 e. The number of benzene rings is 2. The second kappa shape index (κ2) is 12.5. The van der Waals surface area contributed by atoms with Crippen LogP contribution in [0.15, 0.2) is 59.5 Å². The normalized spacial score (nSPS) is 11.0. The van der Waals surface area contributed by atoms with Gasteiger partial charge in [-0.05, 0) is 30.5 Å². The molecule has 11 nitrogen and oxygen atoms in total. The number of carboxylic acid groups (broad SMARTS) is 1. The third kappa shape index (κ3) is 8.86. The Bertz CT molecular complexity index is 1040. The lowest BCUT2D eigenvalue weighted by Crippen LogP contribution is -2.35. The van der Waals surface area contributed by atoms with Crippen LogP contribution in [0.25, 0.3) is 0 Å². The molecule has 0 heterocycles. The van der Waals surface area contributed by atoms with Crippen molar-refractivity contribution in [3.8, 4) is 0 Å². The molecule has 2 N–H and O–H groups in total. The van der Waals surface area contributed by atoms with Gasteiger partial charge in [-0.25, -0.2) is 17.9 Å². The van der Waals surface area contributed by atoms with Crippen molar-refractivity contribution in [2.24, 2.45) is 0 Å². The molecule has 33 heavy (non-hydrogen) atoms. The van der Waals surface area contributed by atoms with Crippen molar-refractivity contribution in [3.05, 3.63) is 70.3 Å². The van der Waals surface area contributed by atoms with Gasteiger partial charge in [0.15, 0.2) is 0 Å². The number of carbonyl (C=O) groups excluding carboxylic acids is 1. The summed E-state index contributed by atoms with van der Waals surface area (Å²) in [5.41, 5.74) is 0.583. The van der Waals surface area contributed by atoms with Crippen LogP contribution >= 0.6 is 0 Å². The summed E-state index contributed by atoms with van der Waals surface area (Å²) in [5.74, 6) is -1.05. The summed E-state index contributed by atoms with van der Waals surface area (Å²) in [4.78, 5) is 34.5. The second-order valence-electron chi connectivity index (χ2n) is 7.03. The van der Waals surface area contributed by atoms with Crippen LogP contribution in [0.4, 0.5) is 10.5 Å². The molecule has 0 saturated carbocycles. The number of hydrogen-bond acceptors (Lipinski definition) is 7. The monoisotopic (exact) mass is 479 g/mol. The maximum Gasteiger partial charge on any atom is 0.410 e. The topological polar surface area (TPSA) is 156 Å². The van der Waals surface area contributed by atoms with Crippen LogP contribution in [-0.4, -0.2) is 55.0 Å². The standard InChI is InChI=1S/C21H25N3O8S/c25-20(26)12-15-23(21(27)32-16-17-6-2-1-3-7-17)14-5-4-13-22-33(30,31)19-10-8-18(9-11-19)24(28)29/h1-3,6-11,22H,4-5,12-16H2,(H,25,26). The van der Waals surface area contributed by atoms with E-state index in [1.807, 2.05) is 18.2 Å². The summed E-state index contributed by atoms with van der Waals surface area (Å²) >= 11 is 0. The number of non-ortho nitro benzene ring substituents is 1. The Morgan fingerprint density at radius 1 is 1.03 bits per heavy atom. The first-order valence-corrected chi connectivity index (χ1v) is 11.6. The van der Waals surface area contributed by atoms with Crippen molar-refractivity contribution in [3.63, 3.8) is 0 Å². The van der Waals surface area contributed by atoms with Gasteiger partial charge in [-0.3, -0.25) is 14.9 Å². The molecule has 0 unspecified atom stereocenters. The van der Waals surface area contributed by atoms with Crippen LogP contribution in [0, 0.1) is 10.1 Å². The number of nitro benzene ring substituents is 1. The van der Waals surface area contributed by atoms with Crippen molar-refractivity contribution in [2.75, 3.05) is 19.6 Å². The molecule has 0 saturated heterocycles. The average molecular weight is 480 g/mol. The van der Waals surface area contributed by atoms with E-state index in [1.54, 1.807) is 12.1 Å². The summed E-state index contributed by atoms with van der Waals surface area (Å²) in [6.45, 7) is 0.293. The lowest BCUT2D eigenvalue weighted by molar-refractivity contribution is -0.384. The number of rotatable bonds is 13. The summed E-state index contributed by atoms with van der Waals surface area (Å²) in [6.07, 6.45) is -0.107. The van der Waals surface area contributed by atoms with E-state index >= 15 is 0 Å².